The highest BCUT2D eigenvalue weighted by Crippen LogP contribution is 2.26. The molecule has 0 aromatic heterocycles. The van der Waals surface area contributed by atoms with Crippen LogP contribution in [-0.2, 0) is 34.3 Å². The summed E-state index contributed by atoms with van der Waals surface area (Å²) < 4.78 is 29.1. The fraction of sp³-hybridized carbons (Fsp3) is 0.367. The Morgan fingerprint density at radius 2 is 1.55 bits per heavy atom. The monoisotopic (exact) mass is 553 g/mol. The molecule has 6 nitrogen and oxygen atoms in total. The van der Waals surface area contributed by atoms with Crippen molar-refractivity contribution < 1.29 is 13.2 Å². The summed E-state index contributed by atoms with van der Waals surface area (Å²) in [6, 6.07) is 22.9. The minimum atomic E-state index is -3.69. The predicted octanol–water partition coefficient (Wildman–Crippen LogP) is 5.74. The highest BCUT2D eigenvalue weighted by atomic mass is 35.5. The summed E-state index contributed by atoms with van der Waals surface area (Å²) in [6.07, 6.45) is 2.47. The molecule has 0 N–H and O–H groups in total. The first-order valence-electron chi connectivity index (χ1n) is 13.2. The molecule has 0 spiro atoms. The smallest absolute Gasteiger partial charge is 0.243 e. The van der Waals surface area contributed by atoms with E-state index in [-0.39, 0.29) is 5.91 Å². The first kappa shape index (κ1) is 28.3. The summed E-state index contributed by atoms with van der Waals surface area (Å²) in [5, 5.41) is 0.677. The van der Waals surface area contributed by atoms with Crippen molar-refractivity contribution in [1.82, 2.24) is 9.21 Å². The number of para-hydroxylation sites is 1. The van der Waals surface area contributed by atoms with Crippen LogP contribution < -0.4 is 4.90 Å². The van der Waals surface area contributed by atoms with Crippen molar-refractivity contribution in [3.05, 3.63) is 94.5 Å². The van der Waals surface area contributed by atoms with Crippen LogP contribution in [0, 0.1) is 0 Å². The molecule has 4 rings (SSSR count). The van der Waals surface area contributed by atoms with Crippen LogP contribution in [0.15, 0.2) is 77.7 Å². The van der Waals surface area contributed by atoms with Crippen LogP contribution in [0.25, 0.3) is 0 Å². The Balaban J connectivity index is 1.66. The maximum atomic E-state index is 13.8. The molecule has 38 heavy (non-hydrogen) atoms. The summed E-state index contributed by atoms with van der Waals surface area (Å²) in [5.74, 6) is -0.0538. The number of amides is 1. The van der Waals surface area contributed by atoms with E-state index >= 15 is 0 Å². The zero-order chi connectivity index (χ0) is 27.1. The molecule has 1 heterocycles. The van der Waals surface area contributed by atoms with E-state index in [1.807, 2.05) is 60.7 Å². The van der Waals surface area contributed by atoms with Crippen LogP contribution in [0.3, 0.4) is 0 Å². The van der Waals surface area contributed by atoms with Gasteiger partial charge in [-0.2, -0.15) is 4.31 Å². The normalized spacial score (nSPS) is 16.0. The third kappa shape index (κ3) is 7.03. The van der Waals surface area contributed by atoms with Crippen molar-refractivity contribution in [3.8, 4) is 0 Å². The Labute approximate surface area is 231 Å². The lowest BCUT2D eigenvalue weighted by Crippen LogP contribution is -2.39. The third-order valence-electron chi connectivity index (χ3n) is 6.93. The second-order valence-electron chi connectivity index (χ2n) is 9.79. The molecule has 1 aliphatic heterocycles. The Kier molecular flexibility index (Phi) is 9.60. The molecule has 0 radical (unpaired) electrons. The number of carbonyl (C=O) groups is 1. The van der Waals surface area contributed by atoms with E-state index in [1.54, 1.807) is 28.3 Å². The number of carbonyl (C=O) groups excluding carboxylic acids is 1. The zero-order valence-electron chi connectivity index (χ0n) is 22.1. The lowest BCUT2D eigenvalue weighted by molar-refractivity contribution is -0.116. The fourth-order valence-corrected chi connectivity index (χ4v) is 6.53. The van der Waals surface area contributed by atoms with Gasteiger partial charge in [-0.25, -0.2) is 8.42 Å². The van der Waals surface area contributed by atoms with E-state index in [0.29, 0.717) is 55.6 Å². The van der Waals surface area contributed by atoms with Gasteiger partial charge in [-0.05, 0) is 59.9 Å². The van der Waals surface area contributed by atoms with Crippen molar-refractivity contribution in [2.24, 2.45) is 0 Å². The van der Waals surface area contributed by atoms with Gasteiger partial charge < -0.3 is 4.90 Å². The third-order valence-corrected chi connectivity index (χ3v) is 9.10. The number of benzene rings is 3. The Morgan fingerprint density at radius 1 is 0.868 bits per heavy atom. The lowest BCUT2D eigenvalue weighted by Gasteiger charge is -2.28. The topological polar surface area (TPSA) is 60.9 Å². The van der Waals surface area contributed by atoms with Crippen LogP contribution >= 0.6 is 11.6 Å². The molecule has 0 saturated carbocycles. The van der Waals surface area contributed by atoms with Crippen LogP contribution in [0.4, 0.5) is 5.69 Å². The number of sulfonamides is 1. The average Bonchev–Trinajstić information content (AvgIpc) is 2.93. The number of fused-ring (bicyclic) bond motifs is 1. The van der Waals surface area contributed by atoms with Crippen LogP contribution in [0.1, 0.15) is 43.4 Å². The van der Waals surface area contributed by atoms with Crippen LogP contribution in [0.5, 0.6) is 0 Å². The van der Waals surface area contributed by atoms with E-state index in [0.717, 1.165) is 35.2 Å². The van der Waals surface area contributed by atoms with E-state index < -0.39 is 10.0 Å². The van der Waals surface area contributed by atoms with Gasteiger partial charge in [-0.15, -0.1) is 0 Å². The Bertz CT molecular complexity index is 1330. The number of halogens is 1. The average molecular weight is 554 g/mol. The quantitative estimate of drug-likeness (QED) is 0.390. The first-order chi connectivity index (χ1) is 18.3. The number of hydrogen-bond acceptors (Lipinski definition) is 4. The highest BCUT2D eigenvalue weighted by molar-refractivity contribution is 7.89. The Hall–Kier alpha value is -2.71. The fourth-order valence-electron chi connectivity index (χ4n) is 4.93. The summed E-state index contributed by atoms with van der Waals surface area (Å²) in [5.41, 5.74) is 4.14. The number of anilines is 1. The van der Waals surface area contributed by atoms with Crippen molar-refractivity contribution in [2.45, 2.75) is 51.1 Å². The Morgan fingerprint density at radius 3 is 2.24 bits per heavy atom. The van der Waals surface area contributed by atoms with Gasteiger partial charge >= 0.3 is 0 Å². The van der Waals surface area contributed by atoms with Gasteiger partial charge in [0, 0.05) is 56.9 Å². The van der Waals surface area contributed by atoms with Gasteiger partial charge in [0.15, 0.2) is 0 Å². The molecule has 0 saturated heterocycles. The lowest BCUT2D eigenvalue weighted by atomic mass is 10.1. The highest BCUT2D eigenvalue weighted by Gasteiger charge is 2.27. The molecule has 8 heteroatoms. The largest absolute Gasteiger partial charge is 0.312 e. The molecule has 3 aromatic carbocycles. The van der Waals surface area contributed by atoms with Gasteiger partial charge in [0.1, 0.15) is 0 Å². The molecule has 0 unspecified atom stereocenters. The molecule has 0 fully saturated rings. The number of aryl methyl sites for hydroxylation is 1. The maximum Gasteiger partial charge on any atom is 0.243 e. The van der Waals surface area contributed by atoms with Gasteiger partial charge in [0.25, 0.3) is 0 Å². The second kappa shape index (κ2) is 12.9. The van der Waals surface area contributed by atoms with Crippen molar-refractivity contribution in [2.75, 3.05) is 31.1 Å². The summed E-state index contributed by atoms with van der Waals surface area (Å²) in [6.45, 7) is 6.57. The standard InChI is InChI=1S/C30H36ClN3O3S/c1-3-7-25-12-16-29(17-13-25)38(36,37)33-18-6-19-34(24(2)35)30-9-5-4-8-27(30)23-32(20-21-33)22-26-10-14-28(31)15-11-26/h4-5,8-17H,3,6-7,18-23H2,1-2H3. The van der Waals surface area contributed by atoms with Crippen molar-refractivity contribution in [1.29, 1.82) is 0 Å². The van der Waals surface area contributed by atoms with E-state index in [4.69, 9.17) is 11.6 Å². The number of hydrogen-bond donors (Lipinski definition) is 0. The molecule has 0 bridgehead atoms. The van der Waals surface area contributed by atoms with Gasteiger partial charge in [0.05, 0.1) is 4.90 Å². The molecule has 202 valence electrons. The zero-order valence-corrected chi connectivity index (χ0v) is 23.7. The predicted molar refractivity (Wildman–Crippen MR) is 154 cm³/mol. The molecular weight excluding hydrogens is 518 g/mol. The summed E-state index contributed by atoms with van der Waals surface area (Å²) in [7, 11) is -3.69. The number of rotatable bonds is 6. The van der Waals surface area contributed by atoms with Gasteiger partial charge in [-0.3, -0.25) is 9.69 Å². The molecule has 1 amide bonds. The van der Waals surface area contributed by atoms with Crippen molar-refractivity contribution >= 4 is 33.2 Å². The van der Waals surface area contributed by atoms with Crippen LogP contribution in [-0.4, -0.2) is 49.7 Å². The minimum Gasteiger partial charge on any atom is -0.312 e. The van der Waals surface area contributed by atoms with Gasteiger partial charge in [-0.1, -0.05) is 67.4 Å². The molecule has 0 aliphatic carbocycles. The van der Waals surface area contributed by atoms with E-state index in [9.17, 15) is 13.2 Å². The van der Waals surface area contributed by atoms with E-state index in [2.05, 4.69) is 11.8 Å². The van der Waals surface area contributed by atoms with Crippen molar-refractivity contribution in [3.63, 3.8) is 0 Å². The van der Waals surface area contributed by atoms with Crippen LogP contribution in [0.2, 0.25) is 5.02 Å². The SMILES string of the molecule is CCCc1ccc(S(=O)(=O)N2CCCN(C(C)=O)c3ccccc3CN(Cc3ccc(Cl)cc3)CC2)cc1. The molecule has 0 atom stereocenters. The van der Waals surface area contributed by atoms with Gasteiger partial charge in [0.2, 0.25) is 15.9 Å². The van der Waals surface area contributed by atoms with E-state index in [1.165, 1.54) is 0 Å². The maximum absolute atomic E-state index is 13.8. The molecule has 1 aliphatic rings. The second-order valence-corrected chi connectivity index (χ2v) is 12.2. The summed E-state index contributed by atoms with van der Waals surface area (Å²) in [4.78, 5) is 17.0. The first-order valence-corrected chi connectivity index (χ1v) is 15.0. The molecular formula is C30H36ClN3O3S. The summed E-state index contributed by atoms with van der Waals surface area (Å²) >= 11 is 6.10. The minimum absolute atomic E-state index is 0.0538. The number of nitrogens with zero attached hydrogens (tertiary/aromatic N) is 3. The molecule has 3 aromatic rings.